The van der Waals surface area contributed by atoms with Crippen molar-refractivity contribution >= 4 is 21.5 Å². The highest BCUT2D eigenvalue weighted by Gasteiger charge is 2.29. The molecular weight excluding hydrogens is 301 g/mol. The fraction of sp³-hybridized carbons (Fsp3) is 0.0833. The second-order valence-electron chi connectivity index (χ2n) is 4.17. The Morgan fingerprint density at radius 2 is 2.00 bits per heavy atom. The van der Waals surface area contributed by atoms with Gasteiger partial charge >= 0.3 is 5.69 Å². The molecule has 9 heteroatoms. The van der Waals surface area contributed by atoms with Gasteiger partial charge in [-0.05, 0) is 30.7 Å². The zero-order valence-electron chi connectivity index (χ0n) is 10.8. The molecule has 0 saturated carbocycles. The molecule has 1 aromatic heterocycles. The Labute approximate surface area is 119 Å². The van der Waals surface area contributed by atoms with Crippen molar-refractivity contribution < 1.29 is 17.7 Å². The van der Waals surface area contributed by atoms with E-state index in [2.05, 4.69) is 9.71 Å². The lowest BCUT2D eigenvalue weighted by molar-refractivity contribution is -0.390. The molecule has 0 aliphatic heterocycles. The van der Waals surface area contributed by atoms with E-state index in [-0.39, 0.29) is 5.82 Å². The maximum atomic E-state index is 13.5. The first-order valence-electron chi connectivity index (χ1n) is 5.69. The first kappa shape index (κ1) is 14.9. The second-order valence-corrected chi connectivity index (χ2v) is 5.82. The van der Waals surface area contributed by atoms with Crippen LogP contribution in [0.5, 0.6) is 0 Å². The van der Waals surface area contributed by atoms with Gasteiger partial charge < -0.3 is 0 Å². The number of rotatable bonds is 4. The van der Waals surface area contributed by atoms with Crippen LogP contribution in [-0.4, -0.2) is 18.3 Å². The van der Waals surface area contributed by atoms with Gasteiger partial charge in [-0.15, -0.1) is 0 Å². The molecule has 0 spiro atoms. The summed E-state index contributed by atoms with van der Waals surface area (Å²) in [6, 6.07) is 5.88. The number of nitrogens with one attached hydrogen (secondary N) is 1. The van der Waals surface area contributed by atoms with Crippen LogP contribution in [0.25, 0.3) is 0 Å². The summed E-state index contributed by atoms with van der Waals surface area (Å²) in [7, 11) is -4.32. The van der Waals surface area contributed by atoms with Crippen molar-refractivity contribution in [2.45, 2.75) is 11.8 Å². The predicted octanol–water partition coefficient (Wildman–Crippen LogP) is 2.24. The van der Waals surface area contributed by atoms with Crippen LogP contribution in [0, 0.1) is 22.9 Å². The number of benzene rings is 1. The first-order valence-corrected chi connectivity index (χ1v) is 7.18. The van der Waals surface area contributed by atoms with Gasteiger partial charge in [-0.1, -0.05) is 12.1 Å². The fourth-order valence-electron chi connectivity index (χ4n) is 1.61. The number of para-hydroxylation sites is 1. The molecular formula is C12H10FN3O4S. The number of sulfonamides is 1. The van der Waals surface area contributed by atoms with Crippen LogP contribution < -0.4 is 4.72 Å². The maximum absolute atomic E-state index is 13.5. The number of nitro benzene ring substituents is 1. The molecule has 1 aromatic carbocycles. The van der Waals surface area contributed by atoms with Gasteiger partial charge in [0.25, 0.3) is 10.0 Å². The number of aryl methyl sites for hydroxylation is 1. The summed E-state index contributed by atoms with van der Waals surface area (Å²) in [6.45, 7) is 1.77. The second kappa shape index (κ2) is 5.44. The number of hydrogen-bond donors (Lipinski definition) is 1. The lowest BCUT2D eigenvalue weighted by atomic mass is 10.3. The van der Waals surface area contributed by atoms with E-state index in [1.165, 1.54) is 12.3 Å². The summed E-state index contributed by atoms with van der Waals surface area (Å²) >= 11 is 0. The molecule has 0 amide bonds. The largest absolute Gasteiger partial charge is 0.325 e. The zero-order valence-corrected chi connectivity index (χ0v) is 11.6. The number of nitrogens with zero attached hydrogens (tertiary/aromatic N) is 2. The lowest BCUT2D eigenvalue weighted by Gasteiger charge is -2.08. The Kier molecular flexibility index (Phi) is 3.85. The molecule has 2 rings (SSSR count). The summed E-state index contributed by atoms with van der Waals surface area (Å²) in [5.74, 6) is -1.24. The molecule has 1 N–H and O–H groups in total. The molecule has 0 atom stereocenters. The van der Waals surface area contributed by atoms with Gasteiger partial charge in [-0.3, -0.25) is 14.8 Å². The minimum absolute atomic E-state index is 0.0147. The molecule has 0 radical (unpaired) electrons. The van der Waals surface area contributed by atoms with E-state index in [4.69, 9.17) is 0 Å². The van der Waals surface area contributed by atoms with Crippen LogP contribution in [0.3, 0.4) is 0 Å². The van der Waals surface area contributed by atoms with Gasteiger partial charge in [0.2, 0.25) is 5.82 Å². The van der Waals surface area contributed by atoms with Crippen LogP contribution in [0.15, 0.2) is 41.4 Å². The third-order valence-electron chi connectivity index (χ3n) is 2.57. The molecule has 7 nitrogen and oxygen atoms in total. The van der Waals surface area contributed by atoms with E-state index in [0.717, 1.165) is 23.8 Å². The van der Waals surface area contributed by atoms with E-state index < -0.39 is 31.3 Å². The third kappa shape index (κ3) is 3.14. The Balaban J connectivity index is 2.47. The predicted molar refractivity (Wildman–Crippen MR) is 72.8 cm³/mol. The van der Waals surface area contributed by atoms with Crippen molar-refractivity contribution in [3.8, 4) is 0 Å². The molecule has 110 valence electrons. The van der Waals surface area contributed by atoms with E-state index in [1.807, 2.05) is 0 Å². The lowest BCUT2D eigenvalue weighted by Crippen LogP contribution is -2.16. The van der Waals surface area contributed by atoms with Gasteiger partial charge in [-0.25, -0.2) is 13.4 Å². The molecule has 0 fully saturated rings. The molecule has 0 aliphatic rings. The van der Waals surface area contributed by atoms with E-state index in [9.17, 15) is 22.9 Å². The smallest absolute Gasteiger partial charge is 0.263 e. The topological polar surface area (TPSA) is 102 Å². The average Bonchev–Trinajstić information content (AvgIpc) is 2.40. The van der Waals surface area contributed by atoms with Gasteiger partial charge in [0.05, 0.1) is 4.92 Å². The number of anilines is 1. The summed E-state index contributed by atoms with van der Waals surface area (Å²) in [4.78, 5) is 12.8. The van der Waals surface area contributed by atoms with E-state index in [0.29, 0.717) is 0 Å². The van der Waals surface area contributed by atoms with Crippen molar-refractivity contribution in [3.05, 3.63) is 58.0 Å². The Hall–Kier alpha value is -2.55. The molecule has 1 heterocycles. The highest BCUT2D eigenvalue weighted by molar-refractivity contribution is 7.92. The van der Waals surface area contributed by atoms with Crippen LogP contribution >= 0.6 is 0 Å². The summed E-state index contributed by atoms with van der Waals surface area (Å²) in [6.07, 6.45) is 1.43. The minimum atomic E-state index is -4.32. The number of halogens is 1. The van der Waals surface area contributed by atoms with Gasteiger partial charge in [-0.2, -0.15) is 4.39 Å². The Morgan fingerprint density at radius 3 is 2.57 bits per heavy atom. The molecule has 0 aliphatic carbocycles. The molecule has 2 aromatic rings. The molecule has 0 unspecified atom stereocenters. The summed E-state index contributed by atoms with van der Waals surface area (Å²) in [5, 5.41) is 10.8. The Bertz CT molecular complexity index is 791. The normalized spacial score (nSPS) is 11.1. The zero-order chi connectivity index (χ0) is 15.6. The van der Waals surface area contributed by atoms with Crippen molar-refractivity contribution in [3.63, 3.8) is 0 Å². The van der Waals surface area contributed by atoms with Crippen LogP contribution in [-0.2, 0) is 10.0 Å². The van der Waals surface area contributed by atoms with Gasteiger partial charge in [0.1, 0.15) is 5.82 Å². The van der Waals surface area contributed by atoms with Crippen molar-refractivity contribution in [1.29, 1.82) is 0 Å². The van der Waals surface area contributed by atoms with E-state index >= 15 is 0 Å². The van der Waals surface area contributed by atoms with E-state index in [1.54, 1.807) is 13.0 Å². The quantitative estimate of drug-likeness (QED) is 0.689. The summed E-state index contributed by atoms with van der Waals surface area (Å²) in [5.41, 5.74) is -0.285. The number of nitro groups is 1. The van der Waals surface area contributed by atoms with Crippen molar-refractivity contribution in [2.75, 3.05) is 4.72 Å². The molecule has 21 heavy (non-hydrogen) atoms. The van der Waals surface area contributed by atoms with Crippen molar-refractivity contribution in [2.24, 2.45) is 0 Å². The average molecular weight is 311 g/mol. The maximum Gasteiger partial charge on any atom is 0.325 e. The van der Waals surface area contributed by atoms with Gasteiger partial charge in [0, 0.05) is 6.20 Å². The number of hydrogen-bond acceptors (Lipinski definition) is 5. The molecule has 0 saturated heterocycles. The fourth-order valence-corrected chi connectivity index (χ4v) is 2.80. The van der Waals surface area contributed by atoms with Crippen LogP contribution in [0.2, 0.25) is 0 Å². The monoisotopic (exact) mass is 311 g/mol. The van der Waals surface area contributed by atoms with Crippen LogP contribution in [0.1, 0.15) is 5.56 Å². The number of aromatic nitrogens is 1. The van der Waals surface area contributed by atoms with Gasteiger partial charge in [0.15, 0.2) is 4.90 Å². The number of pyridine rings is 1. The molecule has 0 bridgehead atoms. The third-order valence-corrected chi connectivity index (χ3v) is 3.96. The SMILES string of the molecule is Cc1ccc(NS(=O)(=O)c2cccc(F)c2[N+](=O)[O-])nc1. The highest BCUT2D eigenvalue weighted by atomic mass is 32.2. The first-order chi connectivity index (χ1) is 9.81. The summed E-state index contributed by atoms with van der Waals surface area (Å²) < 4.78 is 39.8. The standard InChI is InChI=1S/C12H10FN3O4S/c1-8-5-6-11(14-7-8)15-21(19,20)10-4-2-3-9(13)12(10)16(17)18/h2-7H,1H3,(H,14,15). The Morgan fingerprint density at radius 1 is 1.29 bits per heavy atom. The highest BCUT2D eigenvalue weighted by Crippen LogP contribution is 2.27. The van der Waals surface area contributed by atoms with Crippen molar-refractivity contribution in [1.82, 2.24) is 4.98 Å². The minimum Gasteiger partial charge on any atom is -0.263 e. The van der Waals surface area contributed by atoms with Crippen LogP contribution in [0.4, 0.5) is 15.9 Å².